The third-order valence-electron chi connectivity index (χ3n) is 2.39. The average molecular weight is 283 g/mol. The van der Waals surface area contributed by atoms with Crippen LogP contribution < -0.4 is 16.0 Å². The number of ether oxygens (including phenoxy) is 1. The van der Waals surface area contributed by atoms with E-state index < -0.39 is 5.82 Å². The Morgan fingerprint density at radius 1 is 1.05 bits per heavy atom. The van der Waals surface area contributed by atoms with Gasteiger partial charge >= 0.3 is 6.03 Å². The van der Waals surface area contributed by atoms with E-state index in [0.29, 0.717) is 25.3 Å². The highest BCUT2D eigenvalue weighted by molar-refractivity contribution is 5.94. The molecule has 20 heavy (non-hydrogen) atoms. The van der Waals surface area contributed by atoms with Crippen molar-refractivity contribution in [3.8, 4) is 0 Å². The molecule has 0 heterocycles. The van der Waals surface area contributed by atoms with Crippen molar-refractivity contribution in [1.82, 2.24) is 16.0 Å². The minimum Gasteiger partial charge on any atom is -0.383 e. The standard InChI is InChI=1S/C13H18FN3O3/c1-20-9-8-17-13(19)16-7-6-15-12(18)10-2-4-11(14)5-3-10/h2-5H,6-9H2,1H3,(H,15,18)(H2,16,17,19). The molecule has 3 amide bonds. The highest BCUT2D eigenvalue weighted by Crippen LogP contribution is 2.01. The van der Waals surface area contributed by atoms with Crippen LogP contribution in [0.2, 0.25) is 0 Å². The van der Waals surface area contributed by atoms with E-state index in [0.717, 1.165) is 0 Å². The Bertz CT molecular complexity index is 437. The number of methoxy groups -OCH3 is 1. The zero-order valence-corrected chi connectivity index (χ0v) is 11.2. The molecule has 110 valence electrons. The molecule has 0 fully saturated rings. The van der Waals surface area contributed by atoms with E-state index >= 15 is 0 Å². The average Bonchev–Trinajstić information content (AvgIpc) is 2.44. The normalized spacial score (nSPS) is 9.90. The van der Waals surface area contributed by atoms with E-state index in [1.807, 2.05) is 0 Å². The highest BCUT2D eigenvalue weighted by atomic mass is 19.1. The molecule has 0 radical (unpaired) electrons. The van der Waals surface area contributed by atoms with Crippen LogP contribution in [0.1, 0.15) is 10.4 Å². The first kappa shape index (κ1) is 15.9. The summed E-state index contributed by atoms with van der Waals surface area (Å²) in [6.07, 6.45) is 0. The molecule has 0 unspecified atom stereocenters. The van der Waals surface area contributed by atoms with Gasteiger partial charge < -0.3 is 20.7 Å². The molecule has 0 aliphatic carbocycles. The van der Waals surface area contributed by atoms with Crippen molar-refractivity contribution in [1.29, 1.82) is 0 Å². The van der Waals surface area contributed by atoms with Crippen molar-refractivity contribution >= 4 is 11.9 Å². The van der Waals surface area contributed by atoms with E-state index in [1.54, 1.807) is 7.11 Å². The lowest BCUT2D eigenvalue weighted by atomic mass is 10.2. The number of amides is 3. The SMILES string of the molecule is COCCNC(=O)NCCNC(=O)c1ccc(F)cc1. The number of hydrogen-bond acceptors (Lipinski definition) is 3. The van der Waals surface area contributed by atoms with Gasteiger partial charge in [0.25, 0.3) is 5.91 Å². The molecule has 0 saturated carbocycles. The van der Waals surface area contributed by atoms with Gasteiger partial charge in [-0.3, -0.25) is 4.79 Å². The first-order chi connectivity index (χ1) is 9.63. The van der Waals surface area contributed by atoms with E-state index in [9.17, 15) is 14.0 Å². The van der Waals surface area contributed by atoms with Crippen LogP contribution in [0.5, 0.6) is 0 Å². The monoisotopic (exact) mass is 283 g/mol. The van der Waals surface area contributed by atoms with Crippen molar-refractivity contribution in [2.75, 3.05) is 33.4 Å². The minimum atomic E-state index is -0.393. The molecule has 0 aromatic heterocycles. The molecule has 0 aliphatic rings. The molecule has 1 rings (SSSR count). The summed E-state index contributed by atoms with van der Waals surface area (Å²) in [6.45, 7) is 1.44. The van der Waals surface area contributed by atoms with Gasteiger partial charge in [0.2, 0.25) is 0 Å². The summed E-state index contributed by atoms with van der Waals surface area (Å²) in [5.41, 5.74) is 0.371. The number of urea groups is 1. The Labute approximate surface area is 116 Å². The number of nitrogens with one attached hydrogen (secondary N) is 3. The van der Waals surface area contributed by atoms with Crippen molar-refractivity contribution < 1.29 is 18.7 Å². The van der Waals surface area contributed by atoms with E-state index in [1.165, 1.54) is 24.3 Å². The first-order valence-electron chi connectivity index (χ1n) is 6.18. The highest BCUT2D eigenvalue weighted by Gasteiger charge is 2.04. The third kappa shape index (κ3) is 6.14. The fraction of sp³-hybridized carbons (Fsp3) is 0.385. The molecule has 1 aromatic rings. The van der Waals surface area contributed by atoms with Crippen LogP contribution in [0.3, 0.4) is 0 Å². The Morgan fingerprint density at radius 2 is 1.65 bits per heavy atom. The van der Waals surface area contributed by atoms with Gasteiger partial charge in [0.1, 0.15) is 5.82 Å². The van der Waals surface area contributed by atoms with E-state index in [4.69, 9.17) is 4.74 Å². The zero-order valence-electron chi connectivity index (χ0n) is 11.2. The van der Waals surface area contributed by atoms with Gasteiger partial charge in [-0.05, 0) is 24.3 Å². The van der Waals surface area contributed by atoms with Crippen LogP contribution in [-0.2, 0) is 4.74 Å². The molecular weight excluding hydrogens is 265 g/mol. The van der Waals surface area contributed by atoms with Crippen molar-refractivity contribution in [3.63, 3.8) is 0 Å². The van der Waals surface area contributed by atoms with Gasteiger partial charge in [-0.25, -0.2) is 9.18 Å². The summed E-state index contributed by atoms with van der Waals surface area (Å²) in [7, 11) is 1.55. The Morgan fingerprint density at radius 3 is 2.30 bits per heavy atom. The summed E-state index contributed by atoms with van der Waals surface area (Å²) in [6, 6.07) is 4.91. The van der Waals surface area contributed by atoms with Crippen LogP contribution >= 0.6 is 0 Å². The number of halogens is 1. The maximum absolute atomic E-state index is 12.7. The third-order valence-corrected chi connectivity index (χ3v) is 2.39. The Kier molecular flexibility index (Phi) is 7.05. The van der Waals surface area contributed by atoms with Gasteiger partial charge in [-0.2, -0.15) is 0 Å². The second kappa shape index (κ2) is 8.87. The maximum Gasteiger partial charge on any atom is 0.314 e. The second-order valence-electron chi connectivity index (χ2n) is 3.94. The van der Waals surface area contributed by atoms with Crippen LogP contribution in [0.15, 0.2) is 24.3 Å². The molecule has 1 aromatic carbocycles. The predicted octanol–water partition coefficient (Wildman–Crippen LogP) is 0.501. The van der Waals surface area contributed by atoms with Gasteiger partial charge in [-0.1, -0.05) is 0 Å². The lowest BCUT2D eigenvalue weighted by Gasteiger charge is -2.08. The molecule has 0 saturated heterocycles. The van der Waals surface area contributed by atoms with Gasteiger partial charge in [-0.15, -0.1) is 0 Å². The number of carbonyl (C=O) groups is 2. The van der Waals surface area contributed by atoms with Gasteiger partial charge in [0, 0.05) is 32.3 Å². The summed E-state index contributed by atoms with van der Waals surface area (Å²) < 4.78 is 17.5. The number of hydrogen-bond donors (Lipinski definition) is 3. The van der Waals surface area contributed by atoms with E-state index in [-0.39, 0.29) is 18.5 Å². The lowest BCUT2D eigenvalue weighted by molar-refractivity contribution is 0.0954. The topological polar surface area (TPSA) is 79.5 Å². The predicted molar refractivity (Wildman–Crippen MR) is 72.0 cm³/mol. The van der Waals surface area contributed by atoms with Crippen LogP contribution in [0.4, 0.5) is 9.18 Å². The summed E-state index contributed by atoms with van der Waals surface area (Å²) in [5, 5.41) is 7.77. The smallest absolute Gasteiger partial charge is 0.314 e. The molecule has 0 bridgehead atoms. The fourth-order valence-corrected chi connectivity index (χ4v) is 1.38. The summed E-state index contributed by atoms with van der Waals surface area (Å²) in [4.78, 5) is 22.9. The van der Waals surface area contributed by atoms with Crippen LogP contribution in [-0.4, -0.2) is 45.3 Å². The second-order valence-corrected chi connectivity index (χ2v) is 3.94. The molecular formula is C13H18FN3O3. The Hall–Kier alpha value is -2.15. The molecule has 7 heteroatoms. The molecule has 0 atom stereocenters. The molecule has 6 nitrogen and oxygen atoms in total. The Balaban J connectivity index is 2.16. The first-order valence-corrected chi connectivity index (χ1v) is 6.18. The van der Waals surface area contributed by atoms with Crippen LogP contribution in [0, 0.1) is 5.82 Å². The number of rotatable bonds is 7. The maximum atomic E-state index is 12.7. The fourth-order valence-electron chi connectivity index (χ4n) is 1.38. The largest absolute Gasteiger partial charge is 0.383 e. The minimum absolute atomic E-state index is 0.286. The van der Waals surface area contributed by atoms with E-state index in [2.05, 4.69) is 16.0 Å². The van der Waals surface area contributed by atoms with Crippen molar-refractivity contribution in [2.24, 2.45) is 0 Å². The zero-order chi connectivity index (χ0) is 14.8. The summed E-state index contributed by atoms with van der Waals surface area (Å²) >= 11 is 0. The quantitative estimate of drug-likeness (QED) is 0.638. The molecule has 0 spiro atoms. The van der Waals surface area contributed by atoms with Crippen LogP contribution in [0.25, 0.3) is 0 Å². The van der Waals surface area contributed by atoms with Gasteiger partial charge in [0.15, 0.2) is 0 Å². The number of carbonyl (C=O) groups excluding carboxylic acids is 2. The molecule has 3 N–H and O–H groups in total. The van der Waals surface area contributed by atoms with Gasteiger partial charge in [0.05, 0.1) is 6.61 Å². The van der Waals surface area contributed by atoms with Crippen molar-refractivity contribution in [3.05, 3.63) is 35.6 Å². The molecule has 0 aliphatic heterocycles. The lowest BCUT2D eigenvalue weighted by Crippen LogP contribution is -2.41. The summed E-state index contributed by atoms with van der Waals surface area (Å²) in [5.74, 6) is -0.706. The van der Waals surface area contributed by atoms with Crippen molar-refractivity contribution in [2.45, 2.75) is 0 Å². The number of benzene rings is 1.